The Morgan fingerprint density at radius 1 is 1.35 bits per heavy atom. The molecule has 0 radical (unpaired) electrons. The number of carbonyl (C=O) groups is 2. The number of fused-ring (bicyclic) bond motifs is 1. The number of hydrogen-bond donors (Lipinski definition) is 2. The minimum absolute atomic E-state index is 0.0980. The van der Waals surface area contributed by atoms with E-state index in [0.29, 0.717) is 12.0 Å². The summed E-state index contributed by atoms with van der Waals surface area (Å²) in [5.41, 5.74) is 1.73. The molecule has 0 saturated carbocycles. The van der Waals surface area contributed by atoms with Gasteiger partial charge in [-0.25, -0.2) is 0 Å². The summed E-state index contributed by atoms with van der Waals surface area (Å²) in [6.07, 6.45) is 0.467. The quantitative estimate of drug-likeness (QED) is 0.879. The molecule has 0 fully saturated rings. The van der Waals surface area contributed by atoms with Crippen molar-refractivity contribution in [2.75, 3.05) is 6.54 Å². The summed E-state index contributed by atoms with van der Waals surface area (Å²) in [6, 6.07) is 7.32. The normalized spacial score (nSPS) is 12.3. The molecule has 2 rings (SSSR count). The highest BCUT2D eigenvalue weighted by molar-refractivity contribution is 5.96. The van der Waals surface area contributed by atoms with Gasteiger partial charge in [-0.1, -0.05) is 18.6 Å². The van der Waals surface area contributed by atoms with Crippen LogP contribution in [0.3, 0.4) is 0 Å². The highest BCUT2D eigenvalue weighted by Gasteiger charge is 2.18. The Hall–Kier alpha value is -2.30. The summed E-state index contributed by atoms with van der Waals surface area (Å²) in [7, 11) is 0. The minimum Gasteiger partial charge on any atom is -0.481 e. The molecule has 2 N–H and O–H groups in total. The second-order valence-electron chi connectivity index (χ2n) is 4.81. The summed E-state index contributed by atoms with van der Waals surface area (Å²) < 4.78 is 5.45. The van der Waals surface area contributed by atoms with Crippen molar-refractivity contribution in [3.05, 3.63) is 35.6 Å². The fourth-order valence-electron chi connectivity index (χ4n) is 1.98. The van der Waals surface area contributed by atoms with Gasteiger partial charge in [0, 0.05) is 11.9 Å². The molecule has 5 heteroatoms. The van der Waals surface area contributed by atoms with Crippen molar-refractivity contribution >= 4 is 22.8 Å². The van der Waals surface area contributed by atoms with Crippen molar-refractivity contribution in [1.29, 1.82) is 0 Å². The average Bonchev–Trinajstić information content (AvgIpc) is 2.81. The van der Waals surface area contributed by atoms with E-state index in [4.69, 9.17) is 9.52 Å². The second kappa shape index (κ2) is 5.77. The monoisotopic (exact) mass is 275 g/mol. The molecule has 1 aromatic heterocycles. The first-order chi connectivity index (χ1) is 9.51. The van der Waals surface area contributed by atoms with Crippen molar-refractivity contribution in [3.8, 4) is 0 Å². The lowest BCUT2D eigenvalue weighted by Gasteiger charge is -2.09. The van der Waals surface area contributed by atoms with Gasteiger partial charge in [0.1, 0.15) is 5.58 Å². The Labute approximate surface area is 116 Å². The predicted octanol–water partition coefficient (Wildman–Crippen LogP) is 2.58. The van der Waals surface area contributed by atoms with Crippen LogP contribution in [-0.2, 0) is 4.79 Å². The van der Waals surface area contributed by atoms with Crippen molar-refractivity contribution in [2.24, 2.45) is 5.92 Å². The zero-order valence-corrected chi connectivity index (χ0v) is 11.5. The molecule has 5 nitrogen and oxygen atoms in total. The zero-order chi connectivity index (χ0) is 14.7. The van der Waals surface area contributed by atoms with Crippen LogP contribution in [0.1, 0.15) is 29.5 Å². The molecule has 0 spiro atoms. The minimum atomic E-state index is -0.909. The van der Waals surface area contributed by atoms with Gasteiger partial charge in [-0.05, 0) is 31.5 Å². The highest BCUT2D eigenvalue weighted by Crippen LogP contribution is 2.20. The number of aryl methyl sites for hydroxylation is 1. The molecule has 0 saturated heterocycles. The number of carboxylic acid groups (broad SMARTS) is 1. The number of furan rings is 1. The highest BCUT2D eigenvalue weighted by atomic mass is 16.4. The SMILES string of the molecule is CCC(CNC(=O)c1cc2cc(C)ccc2o1)C(=O)O. The van der Waals surface area contributed by atoms with Gasteiger partial charge < -0.3 is 14.8 Å². The van der Waals surface area contributed by atoms with Gasteiger partial charge in [-0.3, -0.25) is 9.59 Å². The van der Waals surface area contributed by atoms with Crippen LogP contribution in [0.15, 0.2) is 28.7 Å². The number of hydrogen-bond acceptors (Lipinski definition) is 3. The first-order valence-corrected chi connectivity index (χ1v) is 6.52. The van der Waals surface area contributed by atoms with Crippen molar-refractivity contribution < 1.29 is 19.1 Å². The average molecular weight is 275 g/mol. The molecule has 0 aliphatic rings. The molecule has 1 amide bonds. The molecule has 1 aromatic carbocycles. The third kappa shape index (κ3) is 2.99. The third-order valence-corrected chi connectivity index (χ3v) is 3.25. The summed E-state index contributed by atoms with van der Waals surface area (Å²) in [6.45, 7) is 3.83. The van der Waals surface area contributed by atoms with Crippen LogP contribution in [-0.4, -0.2) is 23.5 Å². The van der Waals surface area contributed by atoms with E-state index in [2.05, 4.69) is 5.32 Å². The second-order valence-corrected chi connectivity index (χ2v) is 4.81. The first-order valence-electron chi connectivity index (χ1n) is 6.52. The van der Waals surface area contributed by atoms with E-state index in [1.165, 1.54) is 0 Å². The number of benzene rings is 1. The van der Waals surface area contributed by atoms with Crippen LogP contribution in [0.5, 0.6) is 0 Å². The van der Waals surface area contributed by atoms with Crippen molar-refractivity contribution in [3.63, 3.8) is 0 Å². The van der Waals surface area contributed by atoms with E-state index in [1.54, 1.807) is 13.0 Å². The summed E-state index contributed by atoms with van der Waals surface area (Å²) in [4.78, 5) is 22.8. The summed E-state index contributed by atoms with van der Waals surface area (Å²) in [5, 5.41) is 12.4. The summed E-state index contributed by atoms with van der Waals surface area (Å²) >= 11 is 0. The Balaban J connectivity index is 2.09. The van der Waals surface area contributed by atoms with Gasteiger partial charge >= 0.3 is 5.97 Å². The van der Waals surface area contributed by atoms with E-state index in [9.17, 15) is 9.59 Å². The first kappa shape index (κ1) is 14.1. The van der Waals surface area contributed by atoms with E-state index < -0.39 is 17.8 Å². The van der Waals surface area contributed by atoms with Crippen LogP contribution in [0.4, 0.5) is 0 Å². The topological polar surface area (TPSA) is 79.5 Å². The predicted molar refractivity (Wildman–Crippen MR) is 74.7 cm³/mol. The number of rotatable bonds is 5. The lowest BCUT2D eigenvalue weighted by molar-refractivity contribution is -0.141. The van der Waals surface area contributed by atoms with Gasteiger partial charge in [0.25, 0.3) is 5.91 Å². The van der Waals surface area contributed by atoms with E-state index in [0.717, 1.165) is 10.9 Å². The van der Waals surface area contributed by atoms with E-state index in [1.807, 2.05) is 25.1 Å². The van der Waals surface area contributed by atoms with E-state index >= 15 is 0 Å². The van der Waals surface area contributed by atoms with Gasteiger partial charge in [0.05, 0.1) is 5.92 Å². The molecule has 106 valence electrons. The van der Waals surface area contributed by atoms with Crippen LogP contribution < -0.4 is 5.32 Å². The lowest BCUT2D eigenvalue weighted by atomic mass is 10.1. The fraction of sp³-hybridized carbons (Fsp3) is 0.333. The van der Waals surface area contributed by atoms with E-state index in [-0.39, 0.29) is 12.3 Å². The number of aliphatic carboxylic acids is 1. The Bertz CT molecular complexity index is 644. The van der Waals surface area contributed by atoms with Crippen LogP contribution in [0, 0.1) is 12.8 Å². The number of nitrogens with one attached hydrogen (secondary N) is 1. The molecule has 1 unspecified atom stereocenters. The molecule has 0 bridgehead atoms. The fourth-order valence-corrected chi connectivity index (χ4v) is 1.98. The Morgan fingerprint density at radius 3 is 2.75 bits per heavy atom. The maximum atomic E-state index is 11.9. The number of carbonyl (C=O) groups excluding carboxylic acids is 1. The van der Waals surface area contributed by atoms with Crippen molar-refractivity contribution in [1.82, 2.24) is 5.32 Å². The lowest BCUT2D eigenvalue weighted by Crippen LogP contribution is -2.32. The molecule has 1 heterocycles. The largest absolute Gasteiger partial charge is 0.481 e. The van der Waals surface area contributed by atoms with Crippen LogP contribution in [0.25, 0.3) is 11.0 Å². The molecule has 2 aromatic rings. The molecular formula is C15H17NO4. The Kier molecular flexibility index (Phi) is 4.08. The summed E-state index contributed by atoms with van der Waals surface area (Å²) in [5.74, 6) is -1.68. The molecule has 0 aliphatic carbocycles. The molecule has 1 atom stereocenters. The standard InChI is InChI=1S/C15H17NO4/c1-3-10(15(18)19)8-16-14(17)13-7-11-6-9(2)4-5-12(11)20-13/h4-7,10H,3,8H2,1-2H3,(H,16,17)(H,18,19). The van der Waals surface area contributed by atoms with Gasteiger partial charge in [0.15, 0.2) is 5.76 Å². The maximum Gasteiger partial charge on any atom is 0.308 e. The third-order valence-electron chi connectivity index (χ3n) is 3.25. The number of amides is 1. The van der Waals surface area contributed by atoms with Crippen molar-refractivity contribution in [2.45, 2.75) is 20.3 Å². The Morgan fingerprint density at radius 2 is 2.10 bits per heavy atom. The van der Waals surface area contributed by atoms with Gasteiger partial charge in [-0.2, -0.15) is 0 Å². The zero-order valence-electron chi connectivity index (χ0n) is 11.5. The molecule has 20 heavy (non-hydrogen) atoms. The maximum absolute atomic E-state index is 11.9. The smallest absolute Gasteiger partial charge is 0.308 e. The molecule has 0 aliphatic heterocycles. The number of carboxylic acids is 1. The van der Waals surface area contributed by atoms with Gasteiger partial charge in [0.2, 0.25) is 0 Å². The van der Waals surface area contributed by atoms with Crippen LogP contribution >= 0.6 is 0 Å². The van der Waals surface area contributed by atoms with Crippen LogP contribution in [0.2, 0.25) is 0 Å². The van der Waals surface area contributed by atoms with Gasteiger partial charge in [-0.15, -0.1) is 0 Å². The molecular weight excluding hydrogens is 258 g/mol.